The van der Waals surface area contributed by atoms with Crippen molar-refractivity contribution in [1.29, 1.82) is 0 Å². The van der Waals surface area contributed by atoms with E-state index in [4.69, 9.17) is 4.52 Å². The summed E-state index contributed by atoms with van der Waals surface area (Å²) in [5.74, 6) is 0.898. The lowest BCUT2D eigenvalue weighted by Gasteiger charge is -2.31. The Bertz CT molecular complexity index is 545. The van der Waals surface area contributed by atoms with Gasteiger partial charge in [0.1, 0.15) is 0 Å². The molecule has 1 aromatic heterocycles. The van der Waals surface area contributed by atoms with Gasteiger partial charge >= 0.3 is 0 Å². The van der Waals surface area contributed by atoms with Gasteiger partial charge < -0.3 is 4.52 Å². The first kappa shape index (κ1) is 15.4. The predicted octanol–water partition coefficient (Wildman–Crippen LogP) is 1.32. The molecule has 0 aromatic carbocycles. The SMILES string of the molecule is Cc1nc(C2(NS(=O)(=O)N(C)C)CCCCCC2)no1. The Balaban J connectivity index is 2.38. The molecule has 1 saturated carbocycles. The molecule has 20 heavy (non-hydrogen) atoms. The second-order valence-electron chi connectivity index (χ2n) is 5.52. The maximum atomic E-state index is 12.2. The maximum absolute atomic E-state index is 12.2. The summed E-state index contributed by atoms with van der Waals surface area (Å²) in [5, 5.41) is 3.97. The molecule has 1 aliphatic carbocycles. The third-order valence-electron chi connectivity index (χ3n) is 3.72. The summed E-state index contributed by atoms with van der Waals surface area (Å²) in [7, 11) is -0.533. The third-order valence-corrected chi connectivity index (χ3v) is 5.33. The van der Waals surface area contributed by atoms with E-state index in [0.717, 1.165) is 25.7 Å². The molecule has 1 N–H and O–H groups in total. The standard InChI is InChI=1S/C12H22N4O3S/c1-10-13-11(14-19-10)12(8-6-4-5-7-9-12)15-20(17,18)16(2)3/h15H,4-9H2,1-3H3. The summed E-state index contributed by atoms with van der Waals surface area (Å²) in [6.07, 6.45) is 5.48. The van der Waals surface area contributed by atoms with Crippen LogP contribution in [0.25, 0.3) is 0 Å². The Morgan fingerprint density at radius 2 is 1.80 bits per heavy atom. The highest BCUT2D eigenvalue weighted by Crippen LogP contribution is 2.35. The molecule has 0 aliphatic heterocycles. The van der Waals surface area contributed by atoms with E-state index in [0.29, 0.717) is 24.6 Å². The number of nitrogens with zero attached hydrogens (tertiary/aromatic N) is 3. The fourth-order valence-corrected chi connectivity index (χ4v) is 3.51. The molecule has 8 heteroatoms. The lowest BCUT2D eigenvalue weighted by atomic mass is 9.91. The summed E-state index contributed by atoms with van der Waals surface area (Å²) in [4.78, 5) is 4.27. The molecule has 1 heterocycles. The zero-order valence-corrected chi connectivity index (χ0v) is 13.0. The number of nitrogens with one attached hydrogen (secondary N) is 1. The van der Waals surface area contributed by atoms with Crippen LogP contribution < -0.4 is 4.72 Å². The van der Waals surface area contributed by atoms with Crippen molar-refractivity contribution in [3.63, 3.8) is 0 Å². The molecule has 0 atom stereocenters. The number of rotatable bonds is 4. The molecule has 0 amide bonds. The monoisotopic (exact) mass is 302 g/mol. The largest absolute Gasteiger partial charge is 0.340 e. The van der Waals surface area contributed by atoms with Crippen molar-refractivity contribution < 1.29 is 12.9 Å². The first-order valence-corrected chi connectivity index (χ1v) is 8.32. The first-order chi connectivity index (χ1) is 9.36. The topological polar surface area (TPSA) is 88.3 Å². The van der Waals surface area contributed by atoms with Crippen molar-refractivity contribution in [3.8, 4) is 0 Å². The molecule has 2 rings (SSSR count). The highest BCUT2D eigenvalue weighted by atomic mass is 32.2. The first-order valence-electron chi connectivity index (χ1n) is 6.88. The summed E-state index contributed by atoms with van der Waals surface area (Å²) in [5.41, 5.74) is -0.753. The Morgan fingerprint density at radius 1 is 1.20 bits per heavy atom. The molecule has 0 bridgehead atoms. The van der Waals surface area contributed by atoms with Crippen LogP contribution in [0.3, 0.4) is 0 Å². The summed E-state index contributed by atoms with van der Waals surface area (Å²) in [6, 6.07) is 0. The normalized spacial score (nSPS) is 20.0. The molecule has 1 aromatic rings. The van der Waals surface area contributed by atoms with Gasteiger partial charge in [0.2, 0.25) is 5.89 Å². The van der Waals surface area contributed by atoms with Crippen LogP contribution in [0.2, 0.25) is 0 Å². The molecule has 114 valence electrons. The van der Waals surface area contributed by atoms with E-state index in [1.54, 1.807) is 6.92 Å². The Kier molecular flexibility index (Phi) is 4.46. The third kappa shape index (κ3) is 3.18. The lowest BCUT2D eigenvalue weighted by Crippen LogP contribution is -2.50. The number of hydrogen-bond donors (Lipinski definition) is 1. The van der Waals surface area contributed by atoms with Crippen molar-refractivity contribution in [3.05, 3.63) is 11.7 Å². The Labute approximate surface area is 119 Å². The van der Waals surface area contributed by atoms with E-state index in [1.165, 1.54) is 18.4 Å². The van der Waals surface area contributed by atoms with Crippen LogP contribution in [-0.2, 0) is 15.7 Å². The van der Waals surface area contributed by atoms with Gasteiger partial charge in [0.15, 0.2) is 5.82 Å². The van der Waals surface area contributed by atoms with Crippen LogP contribution in [0.4, 0.5) is 0 Å². The van der Waals surface area contributed by atoms with Crippen LogP contribution in [0, 0.1) is 6.92 Å². The molecular weight excluding hydrogens is 280 g/mol. The number of aryl methyl sites for hydroxylation is 1. The van der Waals surface area contributed by atoms with E-state index < -0.39 is 15.7 Å². The van der Waals surface area contributed by atoms with Gasteiger partial charge in [0, 0.05) is 21.0 Å². The summed E-state index contributed by atoms with van der Waals surface area (Å²) < 4.78 is 33.5. The predicted molar refractivity (Wildman–Crippen MR) is 74.2 cm³/mol. The zero-order chi connectivity index (χ0) is 14.8. The summed E-state index contributed by atoms with van der Waals surface area (Å²) in [6.45, 7) is 1.71. The fourth-order valence-electron chi connectivity index (χ4n) is 2.54. The van der Waals surface area contributed by atoms with Crippen LogP contribution >= 0.6 is 0 Å². The van der Waals surface area contributed by atoms with Gasteiger partial charge in [-0.1, -0.05) is 30.8 Å². The van der Waals surface area contributed by atoms with E-state index in [2.05, 4.69) is 14.9 Å². The maximum Gasteiger partial charge on any atom is 0.279 e. The zero-order valence-electron chi connectivity index (χ0n) is 12.2. The fraction of sp³-hybridized carbons (Fsp3) is 0.833. The molecule has 0 saturated heterocycles. The van der Waals surface area contributed by atoms with E-state index >= 15 is 0 Å². The molecular formula is C12H22N4O3S. The van der Waals surface area contributed by atoms with Gasteiger partial charge in [0.25, 0.3) is 10.2 Å². The molecule has 1 aliphatic rings. The molecule has 0 unspecified atom stereocenters. The van der Waals surface area contributed by atoms with Gasteiger partial charge in [-0.2, -0.15) is 22.4 Å². The van der Waals surface area contributed by atoms with Crippen LogP contribution in [0.5, 0.6) is 0 Å². The molecule has 0 spiro atoms. The quantitative estimate of drug-likeness (QED) is 0.847. The van der Waals surface area contributed by atoms with Gasteiger partial charge in [-0.3, -0.25) is 0 Å². The number of hydrogen-bond acceptors (Lipinski definition) is 5. The average Bonchev–Trinajstić information content (AvgIpc) is 2.67. The minimum Gasteiger partial charge on any atom is -0.340 e. The van der Waals surface area contributed by atoms with Crippen LogP contribution in [0.15, 0.2) is 4.52 Å². The van der Waals surface area contributed by atoms with Gasteiger partial charge in [-0.25, -0.2) is 0 Å². The minimum atomic E-state index is -3.55. The highest BCUT2D eigenvalue weighted by molar-refractivity contribution is 7.87. The van der Waals surface area contributed by atoms with Crippen LogP contribution in [-0.4, -0.2) is 37.0 Å². The van der Waals surface area contributed by atoms with Crippen molar-refractivity contribution in [1.82, 2.24) is 19.2 Å². The second-order valence-corrected chi connectivity index (χ2v) is 7.41. The minimum absolute atomic E-state index is 0.447. The summed E-state index contributed by atoms with van der Waals surface area (Å²) >= 11 is 0. The second kappa shape index (κ2) is 5.79. The Morgan fingerprint density at radius 3 is 2.25 bits per heavy atom. The Hall–Kier alpha value is -0.990. The van der Waals surface area contributed by atoms with Crippen molar-refractivity contribution in [2.75, 3.05) is 14.1 Å². The molecule has 7 nitrogen and oxygen atoms in total. The molecule has 1 fully saturated rings. The molecule has 0 radical (unpaired) electrons. The highest BCUT2D eigenvalue weighted by Gasteiger charge is 2.41. The van der Waals surface area contributed by atoms with Gasteiger partial charge in [-0.05, 0) is 12.8 Å². The smallest absolute Gasteiger partial charge is 0.279 e. The van der Waals surface area contributed by atoms with Crippen LogP contribution in [0.1, 0.15) is 50.2 Å². The van der Waals surface area contributed by atoms with E-state index in [1.807, 2.05) is 0 Å². The van der Waals surface area contributed by atoms with Gasteiger partial charge in [0.05, 0.1) is 5.54 Å². The van der Waals surface area contributed by atoms with Crippen molar-refractivity contribution >= 4 is 10.2 Å². The van der Waals surface area contributed by atoms with E-state index in [-0.39, 0.29) is 0 Å². The van der Waals surface area contributed by atoms with E-state index in [9.17, 15) is 8.42 Å². The lowest BCUT2D eigenvalue weighted by molar-refractivity contribution is 0.296. The number of aromatic nitrogens is 2. The van der Waals surface area contributed by atoms with Crippen molar-refractivity contribution in [2.45, 2.75) is 51.0 Å². The van der Waals surface area contributed by atoms with Gasteiger partial charge in [-0.15, -0.1) is 0 Å². The van der Waals surface area contributed by atoms with Crippen molar-refractivity contribution in [2.24, 2.45) is 0 Å². The average molecular weight is 302 g/mol.